The fourth-order valence-corrected chi connectivity index (χ4v) is 4.80. The molecule has 2 N–H and O–H groups in total. The Morgan fingerprint density at radius 3 is 2.45 bits per heavy atom. The number of aromatic nitrogens is 2. The van der Waals surface area contributed by atoms with Gasteiger partial charge in [-0.2, -0.15) is 0 Å². The van der Waals surface area contributed by atoms with Crippen LogP contribution in [-0.4, -0.2) is 47.0 Å². The Hall–Kier alpha value is -2.81. The summed E-state index contributed by atoms with van der Waals surface area (Å²) in [5.74, 6) is 0.684. The van der Waals surface area contributed by atoms with Gasteiger partial charge in [-0.15, -0.1) is 11.3 Å². The van der Waals surface area contributed by atoms with Gasteiger partial charge in [0.25, 0.3) is 5.91 Å². The number of anilines is 2. The molecule has 2 heterocycles. The molecule has 0 unspecified atom stereocenters. The summed E-state index contributed by atoms with van der Waals surface area (Å²) in [6.07, 6.45) is 1.57. The Labute approximate surface area is 206 Å². The Balaban J connectivity index is 1.49. The lowest BCUT2D eigenvalue weighted by atomic mass is 10.1. The Bertz CT molecular complexity index is 1220. The number of nitrogens with zero attached hydrogens (tertiary/aromatic N) is 3. The second-order valence-corrected chi connectivity index (χ2v) is 9.32. The van der Waals surface area contributed by atoms with Gasteiger partial charge in [-0.3, -0.25) is 4.79 Å². The van der Waals surface area contributed by atoms with Crippen molar-refractivity contribution in [1.29, 1.82) is 0 Å². The van der Waals surface area contributed by atoms with Gasteiger partial charge in [0.05, 0.1) is 5.39 Å². The molecule has 0 aliphatic rings. The highest BCUT2D eigenvalue weighted by Gasteiger charge is 2.14. The fourth-order valence-electron chi connectivity index (χ4n) is 3.62. The Morgan fingerprint density at radius 2 is 1.76 bits per heavy atom. The third-order valence-corrected chi connectivity index (χ3v) is 6.96. The molecule has 0 atom stereocenters. The van der Waals surface area contributed by atoms with Gasteiger partial charge < -0.3 is 15.5 Å². The second kappa shape index (κ2) is 10.9. The SMILES string of the molecule is CCN(CC)CCNC(=O)c1ccc(Nc2ncnc3scc(-c4ccc(Br)cc4)c23)cc1. The zero-order valence-electron chi connectivity index (χ0n) is 18.6. The molecule has 4 rings (SSSR count). The van der Waals surface area contributed by atoms with E-state index >= 15 is 0 Å². The summed E-state index contributed by atoms with van der Waals surface area (Å²) in [7, 11) is 0. The van der Waals surface area contributed by atoms with E-state index in [4.69, 9.17) is 0 Å². The first-order valence-electron chi connectivity index (χ1n) is 10.9. The molecule has 0 aliphatic heterocycles. The van der Waals surface area contributed by atoms with Crippen LogP contribution in [-0.2, 0) is 0 Å². The van der Waals surface area contributed by atoms with Gasteiger partial charge in [0.2, 0.25) is 0 Å². The molecule has 2 aromatic carbocycles. The standard InChI is InChI=1S/C25H26BrN5OS/c1-3-31(4-2)14-13-27-24(32)18-7-11-20(12-8-18)30-23-22-21(15-33-25(22)29-16-28-23)17-5-9-19(26)10-6-17/h5-12,15-16H,3-4,13-14H2,1-2H3,(H,27,32)(H,28,29,30). The van der Waals surface area contributed by atoms with E-state index in [1.54, 1.807) is 17.7 Å². The monoisotopic (exact) mass is 523 g/mol. The molecule has 2 aromatic heterocycles. The highest BCUT2D eigenvalue weighted by Crippen LogP contribution is 2.37. The van der Waals surface area contributed by atoms with Crippen molar-refractivity contribution in [2.24, 2.45) is 0 Å². The quantitative estimate of drug-likeness (QED) is 0.284. The molecule has 0 spiro atoms. The first-order chi connectivity index (χ1) is 16.1. The molecule has 0 bridgehead atoms. The number of carbonyl (C=O) groups is 1. The molecule has 4 aromatic rings. The minimum Gasteiger partial charge on any atom is -0.351 e. The van der Waals surface area contributed by atoms with Crippen molar-refractivity contribution in [3.05, 3.63) is 70.3 Å². The van der Waals surface area contributed by atoms with Crippen LogP contribution in [0.25, 0.3) is 21.3 Å². The molecular weight excluding hydrogens is 498 g/mol. The molecule has 8 heteroatoms. The average molecular weight is 524 g/mol. The van der Waals surface area contributed by atoms with Crippen molar-refractivity contribution in [2.75, 3.05) is 31.5 Å². The number of thiophene rings is 1. The average Bonchev–Trinajstić information content (AvgIpc) is 3.28. The van der Waals surface area contributed by atoms with Crippen molar-refractivity contribution in [1.82, 2.24) is 20.2 Å². The van der Waals surface area contributed by atoms with Crippen molar-refractivity contribution >= 4 is 54.9 Å². The number of halogens is 1. The zero-order valence-corrected chi connectivity index (χ0v) is 21.0. The first kappa shape index (κ1) is 23.4. The van der Waals surface area contributed by atoms with Gasteiger partial charge in [-0.05, 0) is 55.1 Å². The predicted octanol–water partition coefficient (Wildman–Crippen LogP) is 5.94. The summed E-state index contributed by atoms with van der Waals surface area (Å²) in [6, 6.07) is 15.7. The number of amides is 1. The summed E-state index contributed by atoms with van der Waals surface area (Å²) in [5.41, 5.74) is 3.70. The van der Waals surface area contributed by atoms with E-state index in [9.17, 15) is 4.79 Å². The highest BCUT2D eigenvalue weighted by atomic mass is 79.9. The predicted molar refractivity (Wildman–Crippen MR) is 140 cm³/mol. The lowest BCUT2D eigenvalue weighted by Gasteiger charge is -2.18. The van der Waals surface area contributed by atoms with E-state index in [-0.39, 0.29) is 5.91 Å². The molecule has 1 amide bonds. The van der Waals surface area contributed by atoms with Gasteiger partial charge in [-0.25, -0.2) is 9.97 Å². The Kier molecular flexibility index (Phi) is 7.69. The van der Waals surface area contributed by atoms with E-state index in [0.29, 0.717) is 12.1 Å². The number of hydrogen-bond acceptors (Lipinski definition) is 6. The van der Waals surface area contributed by atoms with Crippen LogP contribution in [0.2, 0.25) is 0 Å². The van der Waals surface area contributed by atoms with Gasteiger partial charge in [0, 0.05) is 39.8 Å². The van der Waals surface area contributed by atoms with Crippen molar-refractivity contribution in [3.63, 3.8) is 0 Å². The number of likely N-dealkylation sites (N-methyl/N-ethyl adjacent to an activating group) is 1. The molecule has 0 aliphatic carbocycles. The van der Waals surface area contributed by atoms with Crippen LogP contribution < -0.4 is 10.6 Å². The number of hydrogen-bond donors (Lipinski definition) is 2. The normalized spacial score (nSPS) is 11.2. The Morgan fingerprint density at radius 1 is 1.03 bits per heavy atom. The van der Waals surface area contributed by atoms with E-state index < -0.39 is 0 Å². The number of nitrogens with one attached hydrogen (secondary N) is 2. The molecule has 0 radical (unpaired) electrons. The molecule has 170 valence electrons. The van der Waals surface area contributed by atoms with Crippen LogP contribution in [0.15, 0.2) is 64.7 Å². The van der Waals surface area contributed by atoms with Gasteiger partial charge >= 0.3 is 0 Å². The molecular formula is C25H26BrN5OS. The van der Waals surface area contributed by atoms with Gasteiger partial charge in [0.1, 0.15) is 17.0 Å². The van der Waals surface area contributed by atoms with Crippen LogP contribution in [0.5, 0.6) is 0 Å². The summed E-state index contributed by atoms with van der Waals surface area (Å²) in [4.78, 5) is 24.6. The lowest BCUT2D eigenvalue weighted by molar-refractivity contribution is 0.0949. The van der Waals surface area contributed by atoms with Crippen molar-refractivity contribution in [2.45, 2.75) is 13.8 Å². The third-order valence-electron chi connectivity index (χ3n) is 5.54. The van der Waals surface area contributed by atoms with Crippen LogP contribution in [0, 0.1) is 0 Å². The molecule has 0 saturated heterocycles. The van der Waals surface area contributed by atoms with E-state index in [2.05, 4.69) is 72.8 Å². The van der Waals surface area contributed by atoms with Crippen molar-refractivity contribution in [3.8, 4) is 11.1 Å². The van der Waals surface area contributed by atoms with E-state index in [1.165, 1.54) is 0 Å². The molecule has 33 heavy (non-hydrogen) atoms. The number of benzene rings is 2. The largest absolute Gasteiger partial charge is 0.351 e. The fraction of sp³-hybridized carbons (Fsp3) is 0.240. The summed E-state index contributed by atoms with van der Waals surface area (Å²) in [5, 5.41) is 9.50. The van der Waals surface area contributed by atoms with E-state index in [1.807, 2.05) is 36.4 Å². The first-order valence-corrected chi connectivity index (χ1v) is 12.6. The lowest BCUT2D eigenvalue weighted by Crippen LogP contribution is -2.34. The minimum atomic E-state index is -0.0616. The van der Waals surface area contributed by atoms with Gasteiger partial charge in [-0.1, -0.05) is 41.9 Å². The molecule has 0 fully saturated rings. The molecule has 6 nitrogen and oxygen atoms in total. The van der Waals surface area contributed by atoms with Crippen molar-refractivity contribution < 1.29 is 4.79 Å². The minimum absolute atomic E-state index is 0.0616. The topological polar surface area (TPSA) is 70.2 Å². The van der Waals surface area contributed by atoms with Crippen LogP contribution in [0.3, 0.4) is 0 Å². The summed E-state index contributed by atoms with van der Waals surface area (Å²) >= 11 is 5.09. The maximum absolute atomic E-state index is 12.5. The number of carbonyl (C=O) groups excluding carboxylic acids is 1. The maximum Gasteiger partial charge on any atom is 0.251 e. The van der Waals surface area contributed by atoms with Crippen LogP contribution in [0.4, 0.5) is 11.5 Å². The molecule has 0 saturated carbocycles. The summed E-state index contributed by atoms with van der Waals surface area (Å²) < 4.78 is 1.04. The summed E-state index contributed by atoms with van der Waals surface area (Å²) in [6.45, 7) is 7.70. The van der Waals surface area contributed by atoms with Crippen LogP contribution in [0.1, 0.15) is 24.2 Å². The van der Waals surface area contributed by atoms with Gasteiger partial charge in [0.15, 0.2) is 0 Å². The number of rotatable bonds is 9. The highest BCUT2D eigenvalue weighted by molar-refractivity contribution is 9.10. The smallest absolute Gasteiger partial charge is 0.251 e. The van der Waals surface area contributed by atoms with E-state index in [0.717, 1.165) is 57.0 Å². The maximum atomic E-state index is 12.5. The third kappa shape index (κ3) is 5.58. The van der Waals surface area contributed by atoms with Crippen LogP contribution >= 0.6 is 27.3 Å². The second-order valence-electron chi connectivity index (χ2n) is 7.54. The number of fused-ring (bicyclic) bond motifs is 1. The zero-order chi connectivity index (χ0) is 23.2.